The van der Waals surface area contributed by atoms with Crippen LogP contribution < -0.4 is 0 Å². The van der Waals surface area contributed by atoms with Crippen LogP contribution in [-0.4, -0.2) is 10.7 Å². The van der Waals surface area contributed by atoms with Gasteiger partial charge in [-0.15, -0.1) is 25.5 Å². The second-order valence-corrected chi connectivity index (χ2v) is 4.28. The Labute approximate surface area is 87.5 Å². The molecule has 78 valence electrons. The zero-order valence-corrected chi connectivity index (χ0v) is 9.21. The van der Waals surface area contributed by atoms with Gasteiger partial charge >= 0.3 is 0 Å². The minimum atomic E-state index is -0.830. The molecule has 0 saturated carbocycles. The first kappa shape index (κ1) is 13.0. The topological polar surface area (TPSA) is 20.2 Å². The molecule has 1 nitrogen and oxygen atoms in total. The molecule has 0 fully saturated rings. The monoisotopic (exact) mass is 192 g/mol. The van der Waals surface area contributed by atoms with Crippen LogP contribution in [-0.2, 0) is 0 Å². The van der Waals surface area contributed by atoms with Crippen LogP contribution in [0.25, 0.3) is 0 Å². The van der Waals surface area contributed by atoms with Crippen molar-refractivity contribution in [1.29, 1.82) is 0 Å². The van der Waals surface area contributed by atoms with Gasteiger partial charge in [-0.2, -0.15) is 0 Å². The van der Waals surface area contributed by atoms with Crippen molar-refractivity contribution in [1.82, 2.24) is 0 Å². The molecule has 0 aliphatic rings. The SMILES string of the molecule is C#CCC(C)(C)C(O)(CC=C)CC=C. The van der Waals surface area contributed by atoms with Crippen LogP contribution in [0.2, 0.25) is 0 Å². The van der Waals surface area contributed by atoms with Gasteiger partial charge in [0.05, 0.1) is 5.60 Å². The summed E-state index contributed by atoms with van der Waals surface area (Å²) in [7, 11) is 0. The van der Waals surface area contributed by atoms with Gasteiger partial charge < -0.3 is 5.11 Å². The highest BCUT2D eigenvalue weighted by Crippen LogP contribution is 2.39. The standard InChI is InChI=1S/C13H20O/c1-6-9-12(4,5)13(14,10-7-2)11-8-3/h1,7-8,14H,2-3,9-11H2,4-5H3. The summed E-state index contributed by atoms with van der Waals surface area (Å²) in [6.07, 6.45) is 10.4. The fraction of sp³-hybridized carbons (Fsp3) is 0.538. The van der Waals surface area contributed by atoms with Crippen LogP contribution in [0, 0.1) is 17.8 Å². The van der Waals surface area contributed by atoms with Crippen molar-refractivity contribution >= 4 is 0 Å². The first-order chi connectivity index (χ1) is 6.43. The summed E-state index contributed by atoms with van der Waals surface area (Å²) >= 11 is 0. The van der Waals surface area contributed by atoms with Crippen LogP contribution >= 0.6 is 0 Å². The molecular formula is C13H20O. The van der Waals surface area contributed by atoms with Crippen molar-refractivity contribution in [2.24, 2.45) is 5.41 Å². The Hall–Kier alpha value is -1.00. The van der Waals surface area contributed by atoms with Crippen LogP contribution in [0.4, 0.5) is 0 Å². The average molecular weight is 192 g/mol. The zero-order valence-electron chi connectivity index (χ0n) is 9.21. The van der Waals surface area contributed by atoms with E-state index in [1.54, 1.807) is 12.2 Å². The minimum Gasteiger partial charge on any atom is -0.389 e. The highest BCUT2D eigenvalue weighted by molar-refractivity contribution is 5.05. The molecule has 0 heterocycles. The average Bonchev–Trinajstić information content (AvgIpc) is 2.04. The summed E-state index contributed by atoms with van der Waals surface area (Å²) in [6, 6.07) is 0. The summed E-state index contributed by atoms with van der Waals surface area (Å²) < 4.78 is 0. The summed E-state index contributed by atoms with van der Waals surface area (Å²) in [6.45, 7) is 11.3. The highest BCUT2D eigenvalue weighted by atomic mass is 16.3. The minimum absolute atomic E-state index is 0.315. The molecule has 0 aliphatic heterocycles. The van der Waals surface area contributed by atoms with E-state index < -0.39 is 5.60 Å². The molecule has 0 unspecified atom stereocenters. The molecule has 0 aromatic heterocycles. The molecule has 0 atom stereocenters. The number of rotatable bonds is 6. The van der Waals surface area contributed by atoms with Gasteiger partial charge in [-0.25, -0.2) is 0 Å². The Bertz CT molecular complexity index is 232. The third-order valence-electron chi connectivity index (χ3n) is 2.77. The maximum Gasteiger partial charge on any atom is 0.0775 e. The third kappa shape index (κ3) is 2.75. The van der Waals surface area contributed by atoms with Gasteiger partial charge in [0.15, 0.2) is 0 Å². The van der Waals surface area contributed by atoms with Gasteiger partial charge in [0.25, 0.3) is 0 Å². The van der Waals surface area contributed by atoms with E-state index in [0.29, 0.717) is 19.3 Å². The number of hydrogen-bond acceptors (Lipinski definition) is 1. The molecule has 1 N–H and O–H groups in total. The Morgan fingerprint density at radius 2 is 1.71 bits per heavy atom. The molecule has 0 rings (SSSR count). The molecule has 14 heavy (non-hydrogen) atoms. The second kappa shape index (κ2) is 5.02. The first-order valence-corrected chi connectivity index (χ1v) is 4.81. The van der Waals surface area contributed by atoms with E-state index in [9.17, 15) is 5.11 Å². The smallest absolute Gasteiger partial charge is 0.0775 e. The van der Waals surface area contributed by atoms with E-state index in [2.05, 4.69) is 19.1 Å². The van der Waals surface area contributed by atoms with Gasteiger partial charge in [0, 0.05) is 11.8 Å². The lowest BCUT2D eigenvalue weighted by Gasteiger charge is -2.41. The van der Waals surface area contributed by atoms with Gasteiger partial charge in [0.2, 0.25) is 0 Å². The molecule has 0 aromatic carbocycles. The van der Waals surface area contributed by atoms with Crippen molar-refractivity contribution < 1.29 is 5.11 Å². The quantitative estimate of drug-likeness (QED) is 0.507. The van der Waals surface area contributed by atoms with Gasteiger partial charge in [-0.3, -0.25) is 0 Å². The summed E-state index contributed by atoms with van der Waals surface area (Å²) in [4.78, 5) is 0. The van der Waals surface area contributed by atoms with Crippen LogP contribution in [0.15, 0.2) is 25.3 Å². The van der Waals surface area contributed by atoms with Crippen molar-refractivity contribution in [3.05, 3.63) is 25.3 Å². The summed E-state index contributed by atoms with van der Waals surface area (Å²) in [5.74, 6) is 2.60. The molecule has 0 aliphatic carbocycles. The maximum atomic E-state index is 10.4. The second-order valence-electron chi connectivity index (χ2n) is 4.28. The maximum absolute atomic E-state index is 10.4. The molecule has 0 saturated heterocycles. The van der Waals surface area contributed by atoms with Crippen molar-refractivity contribution in [2.75, 3.05) is 0 Å². The largest absolute Gasteiger partial charge is 0.389 e. The number of terminal acetylenes is 1. The fourth-order valence-corrected chi connectivity index (χ4v) is 1.53. The predicted octanol–water partition coefficient (Wildman–Crippen LogP) is 2.92. The molecule has 0 radical (unpaired) electrons. The van der Waals surface area contributed by atoms with Gasteiger partial charge in [-0.1, -0.05) is 26.0 Å². The molecule has 0 bridgehead atoms. The van der Waals surface area contributed by atoms with Crippen LogP contribution in [0.3, 0.4) is 0 Å². The number of aliphatic hydroxyl groups is 1. The summed E-state index contributed by atoms with van der Waals surface area (Å²) in [5, 5.41) is 10.4. The van der Waals surface area contributed by atoms with Crippen molar-refractivity contribution in [3.63, 3.8) is 0 Å². The first-order valence-electron chi connectivity index (χ1n) is 4.81. The van der Waals surface area contributed by atoms with E-state index in [1.807, 2.05) is 13.8 Å². The fourth-order valence-electron chi connectivity index (χ4n) is 1.53. The Kier molecular flexibility index (Phi) is 4.67. The zero-order chi connectivity index (χ0) is 11.2. The predicted molar refractivity (Wildman–Crippen MR) is 61.8 cm³/mol. The normalized spacial score (nSPS) is 11.9. The van der Waals surface area contributed by atoms with Crippen LogP contribution in [0.5, 0.6) is 0 Å². The van der Waals surface area contributed by atoms with E-state index in [-0.39, 0.29) is 5.41 Å². The van der Waals surface area contributed by atoms with Crippen molar-refractivity contribution in [2.45, 2.75) is 38.7 Å². The van der Waals surface area contributed by atoms with Crippen molar-refractivity contribution in [3.8, 4) is 12.3 Å². The van der Waals surface area contributed by atoms with E-state index in [1.165, 1.54) is 0 Å². The molecule has 0 amide bonds. The summed E-state index contributed by atoms with van der Waals surface area (Å²) in [5.41, 5.74) is -1.15. The molecular weight excluding hydrogens is 172 g/mol. The third-order valence-corrected chi connectivity index (χ3v) is 2.77. The molecule has 1 heteroatoms. The number of hydrogen-bond donors (Lipinski definition) is 1. The van der Waals surface area contributed by atoms with Gasteiger partial charge in [0.1, 0.15) is 0 Å². The lowest BCUT2D eigenvalue weighted by molar-refractivity contribution is -0.0596. The van der Waals surface area contributed by atoms with Crippen LogP contribution in [0.1, 0.15) is 33.1 Å². The highest BCUT2D eigenvalue weighted by Gasteiger charge is 2.40. The Morgan fingerprint density at radius 1 is 1.29 bits per heavy atom. The van der Waals surface area contributed by atoms with E-state index in [0.717, 1.165) is 0 Å². The van der Waals surface area contributed by atoms with E-state index >= 15 is 0 Å². The lowest BCUT2D eigenvalue weighted by Crippen LogP contribution is -2.43. The Balaban J connectivity index is 4.87. The lowest BCUT2D eigenvalue weighted by atomic mass is 9.69. The van der Waals surface area contributed by atoms with E-state index in [4.69, 9.17) is 6.42 Å². The Morgan fingerprint density at radius 3 is 2.00 bits per heavy atom. The molecule has 0 aromatic rings. The van der Waals surface area contributed by atoms with Gasteiger partial charge in [-0.05, 0) is 12.8 Å². The molecule has 0 spiro atoms.